The fraction of sp³-hybridized carbons (Fsp3) is 0.176. The van der Waals surface area contributed by atoms with Crippen molar-refractivity contribution >= 4 is 12.2 Å². The van der Waals surface area contributed by atoms with Gasteiger partial charge in [0.05, 0.1) is 5.69 Å². The van der Waals surface area contributed by atoms with Crippen molar-refractivity contribution in [3.8, 4) is 22.8 Å². The van der Waals surface area contributed by atoms with Gasteiger partial charge in [0.15, 0.2) is 10.6 Å². The third-order valence-electron chi connectivity index (χ3n) is 3.94. The molecule has 0 radical (unpaired) electrons. The Bertz CT molecular complexity index is 909. The number of hydrogen-bond donors (Lipinski definition) is 2. The first-order valence-electron chi connectivity index (χ1n) is 7.03. The summed E-state index contributed by atoms with van der Waals surface area (Å²) in [5, 5.41) is 16.9. The van der Waals surface area contributed by atoms with Crippen molar-refractivity contribution in [1.29, 1.82) is 0 Å². The van der Waals surface area contributed by atoms with Crippen LogP contribution in [0.25, 0.3) is 17.1 Å². The minimum absolute atomic E-state index is 0.244. The van der Waals surface area contributed by atoms with Gasteiger partial charge < -0.3 is 5.11 Å². The fourth-order valence-electron chi connectivity index (χ4n) is 2.58. The highest BCUT2D eigenvalue weighted by Gasteiger charge is 2.15. The highest BCUT2D eigenvalue weighted by molar-refractivity contribution is 7.71. The summed E-state index contributed by atoms with van der Waals surface area (Å²) in [7, 11) is 0. The van der Waals surface area contributed by atoms with Crippen molar-refractivity contribution in [2.45, 2.75) is 20.8 Å². The molecule has 3 aromatic rings. The number of aromatic amines is 1. The van der Waals surface area contributed by atoms with E-state index in [-0.39, 0.29) is 5.75 Å². The largest absolute Gasteiger partial charge is 0.508 e. The average molecular weight is 311 g/mol. The van der Waals surface area contributed by atoms with Gasteiger partial charge in [-0.1, -0.05) is 12.1 Å². The molecule has 0 aliphatic carbocycles. The van der Waals surface area contributed by atoms with Crippen molar-refractivity contribution in [3.05, 3.63) is 57.9 Å². The van der Waals surface area contributed by atoms with E-state index in [4.69, 9.17) is 12.2 Å². The number of aromatic hydroxyl groups is 1. The molecule has 0 saturated carbocycles. The first-order chi connectivity index (χ1) is 10.5. The molecule has 0 unspecified atom stereocenters. The summed E-state index contributed by atoms with van der Waals surface area (Å²) < 4.78 is 2.49. The Hall–Kier alpha value is -2.40. The number of benzene rings is 2. The lowest BCUT2D eigenvalue weighted by atomic mass is 10.1. The molecule has 0 bridgehead atoms. The monoisotopic (exact) mass is 311 g/mol. The molecule has 2 aromatic carbocycles. The van der Waals surface area contributed by atoms with Crippen LogP contribution in [0, 0.1) is 25.5 Å². The maximum absolute atomic E-state index is 9.60. The lowest BCUT2D eigenvalue weighted by Gasteiger charge is -2.13. The Morgan fingerprint density at radius 3 is 2.59 bits per heavy atom. The molecular weight excluding hydrogens is 294 g/mol. The van der Waals surface area contributed by atoms with Crippen molar-refractivity contribution in [2.75, 3.05) is 0 Å². The summed E-state index contributed by atoms with van der Waals surface area (Å²) in [6.07, 6.45) is 0. The summed E-state index contributed by atoms with van der Waals surface area (Å²) in [6.45, 7) is 6.10. The molecule has 0 aliphatic rings. The van der Waals surface area contributed by atoms with Crippen LogP contribution >= 0.6 is 12.2 Å². The van der Waals surface area contributed by atoms with Crippen LogP contribution in [0.1, 0.15) is 16.7 Å². The molecule has 0 saturated heterocycles. The van der Waals surface area contributed by atoms with Gasteiger partial charge in [0, 0.05) is 5.56 Å². The van der Waals surface area contributed by atoms with E-state index < -0.39 is 0 Å². The third-order valence-corrected chi connectivity index (χ3v) is 4.21. The van der Waals surface area contributed by atoms with E-state index in [2.05, 4.69) is 30.1 Å². The van der Waals surface area contributed by atoms with Crippen LogP contribution in [0.3, 0.4) is 0 Å². The molecule has 0 spiro atoms. The summed E-state index contributed by atoms with van der Waals surface area (Å²) in [4.78, 5) is 0. The Labute approximate surface area is 134 Å². The second-order valence-corrected chi connectivity index (χ2v) is 5.79. The normalized spacial score (nSPS) is 10.9. The number of aromatic nitrogens is 3. The molecule has 0 fully saturated rings. The van der Waals surface area contributed by atoms with Crippen LogP contribution in [-0.2, 0) is 0 Å². The van der Waals surface area contributed by atoms with E-state index in [0.717, 1.165) is 28.2 Å². The van der Waals surface area contributed by atoms with Crippen LogP contribution in [0.15, 0.2) is 36.4 Å². The van der Waals surface area contributed by atoms with Crippen molar-refractivity contribution < 1.29 is 5.11 Å². The molecule has 3 rings (SSSR count). The highest BCUT2D eigenvalue weighted by Crippen LogP contribution is 2.28. The topological polar surface area (TPSA) is 53.8 Å². The molecule has 1 aromatic heterocycles. The standard InChI is InChI=1S/C17H17N3OS/c1-10-5-4-6-15(12(10)3)20-16(18-19-17(20)22)14-8-7-13(21)9-11(14)2/h4-9,21H,1-3H3,(H,19,22). The van der Waals surface area contributed by atoms with Gasteiger partial charge in [-0.05, 0) is 73.9 Å². The molecule has 112 valence electrons. The van der Waals surface area contributed by atoms with E-state index in [1.807, 2.05) is 29.7 Å². The fourth-order valence-corrected chi connectivity index (χ4v) is 2.81. The zero-order valence-electron chi connectivity index (χ0n) is 12.7. The van der Waals surface area contributed by atoms with E-state index in [0.29, 0.717) is 4.77 Å². The quantitative estimate of drug-likeness (QED) is 0.696. The maximum Gasteiger partial charge on any atom is 0.200 e. The van der Waals surface area contributed by atoms with Gasteiger partial charge >= 0.3 is 0 Å². The number of aryl methyl sites for hydroxylation is 2. The number of H-pyrrole nitrogens is 1. The Morgan fingerprint density at radius 2 is 1.86 bits per heavy atom. The van der Waals surface area contributed by atoms with Gasteiger partial charge in [-0.3, -0.25) is 9.67 Å². The highest BCUT2D eigenvalue weighted by atomic mass is 32.1. The molecule has 0 aliphatic heterocycles. The zero-order chi connectivity index (χ0) is 15.9. The van der Waals surface area contributed by atoms with Crippen LogP contribution in [0.5, 0.6) is 5.75 Å². The van der Waals surface area contributed by atoms with Crippen molar-refractivity contribution in [3.63, 3.8) is 0 Å². The van der Waals surface area contributed by atoms with E-state index in [1.165, 1.54) is 5.56 Å². The van der Waals surface area contributed by atoms with Crippen molar-refractivity contribution in [1.82, 2.24) is 14.8 Å². The lowest BCUT2D eigenvalue weighted by molar-refractivity contribution is 0.475. The molecular formula is C17H17N3OS. The maximum atomic E-state index is 9.60. The molecule has 4 nitrogen and oxygen atoms in total. The molecule has 1 heterocycles. The second-order valence-electron chi connectivity index (χ2n) is 5.41. The van der Waals surface area contributed by atoms with Crippen molar-refractivity contribution in [2.24, 2.45) is 0 Å². The molecule has 0 amide bonds. The molecule has 22 heavy (non-hydrogen) atoms. The van der Waals surface area contributed by atoms with Gasteiger partial charge in [0.25, 0.3) is 0 Å². The van der Waals surface area contributed by atoms with Gasteiger partial charge in [-0.15, -0.1) is 0 Å². The number of hydrogen-bond acceptors (Lipinski definition) is 3. The molecule has 2 N–H and O–H groups in total. The number of nitrogens with zero attached hydrogens (tertiary/aromatic N) is 2. The first kappa shape index (κ1) is 14.5. The summed E-state index contributed by atoms with van der Waals surface area (Å²) in [6, 6.07) is 11.4. The average Bonchev–Trinajstić information content (AvgIpc) is 2.84. The number of rotatable bonds is 2. The third kappa shape index (κ3) is 2.33. The summed E-state index contributed by atoms with van der Waals surface area (Å²) in [5.74, 6) is 0.991. The van der Waals surface area contributed by atoms with Crippen LogP contribution < -0.4 is 0 Å². The number of phenols is 1. The molecule has 5 heteroatoms. The van der Waals surface area contributed by atoms with Crippen LogP contribution in [-0.4, -0.2) is 19.9 Å². The Morgan fingerprint density at radius 1 is 1.09 bits per heavy atom. The van der Waals surface area contributed by atoms with Crippen LogP contribution in [0.4, 0.5) is 0 Å². The predicted molar refractivity (Wildman–Crippen MR) is 90.1 cm³/mol. The number of nitrogens with one attached hydrogen (secondary N) is 1. The lowest BCUT2D eigenvalue weighted by Crippen LogP contribution is -2.02. The van der Waals surface area contributed by atoms with E-state index in [9.17, 15) is 5.11 Å². The van der Waals surface area contributed by atoms with Gasteiger partial charge in [-0.2, -0.15) is 5.10 Å². The minimum Gasteiger partial charge on any atom is -0.508 e. The van der Waals surface area contributed by atoms with Gasteiger partial charge in [0.2, 0.25) is 0 Å². The number of phenolic OH excluding ortho intramolecular Hbond substituents is 1. The molecule has 0 atom stereocenters. The SMILES string of the molecule is Cc1cc(O)ccc1-c1n[nH]c(=S)n1-c1cccc(C)c1C. The predicted octanol–water partition coefficient (Wildman–Crippen LogP) is 4.23. The summed E-state index contributed by atoms with van der Waals surface area (Å²) >= 11 is 5.42. The van der Waals surface area contributed by atoms with E-state index in [1.54, 1.807) is 12.1 Å². The van der Waals surface area contributed by atoms with Gasteiger partial charge in [-0.25, -0.2) is 0 Å². The van der Waals surface area contributed by atoms with Crippen LogP contribution in [0.2, 0.25) is 0 Å². The minimum atomic E-state index is 0.244. The Kier molecular flexibility index (Phi) is 3.58. The second kappa shape index (κ2) is 5.42. The first-order valence-corrected chi connectivity index (χ1v) is 7.44. The van der Waals surface area contributed by atoms with Gasteiger partial charge in [0.1, 0.15) is 5.75 Å². The zero-order valence-corrected chi connectivity index (χ0v) is 13.5. The summed E-state index contributed by atoms with van der Waals surface area (Å²) in [5.41, 5.74) is 5.26. The van der Waals surface area contributed by atoms with E-state index >= 15 is 0 Å². The smallest absolute Gasteiger partial charge is 0.200 e. The Balaban J connectivity index is 2.29.